The van der Waals surface area contributed by atoms with Gasteiger partial charge in [0.15, 0.2) is 0 Å². The summed E-state index contributed by atoms with van der Waals surface area (Å²) in [7, 11) is 0. The van der Waals surface area contributed by atoms with Crippen LogP contribution in [0.5, 0.6) is 0 Å². The lowest BCUT2D eigenvalue weighted by Gasteiger charge is -1.95. The lowest BCUT2D eigenvalue weighted by atomic mass is 10.4. The highest BCUT2D eigenvalue weighted by atomic mass is 35.5. The highest BCUT2D eigenvalue weighted by molar-refractivity contribution is 6.16. The minimum absolute atomic E-state index is 0.142. The second-order valence-corrected chi connectivity index (χ2v) is 2.16. The second kappa shape index (κ2) is 3.30. The van der Waals surface area contributed by atoms with Crippen LogP contribution in [0.15, 0.2) is 12.4 Å². The van der Waals surface area contributed by atoms with Crippen LogP contribution in [-0.4, -0.2) is 15.9 Å². The van der Waals surface area contributed by atoms with Crippen molar-refractivity contribution in [2.45, 2.75) is 5.88 Å². The molecule has 0 aliphatic heterocycles. The molecule has 0 spiro atoms. The number of nitrogens with two attached hydrogens (primary N) is 1. The number of nitrogens with zero attached hydrogens (tertiary/aromatic N) is 2. The molecule has 0 bridgehead atoms. The van der Waals surface area contributed by atoms with E-state index in [4.69, 9.17) is 17.3 Å². The standard InChI is InChI=1S/C6H6ClN3O/c7-1-4-2-9-3-5(10-4)6(8)11/h2-3H,1H2,(H2,8,11). The first-order valence-electron chi connectivity index (χ1n) is 2.90. The summed E-state index contributed by atoms with van der Waals surface area (Å²) in [5, 5.41) is 0. The topological polar surface area (TPSA) is 68.9 Å². The van der Waals surface area contributed by atoms with Gasteiger partial charge in [0.25, 0.3) is 5.91 Å². The maximum Gasteiger partial charge on any atom is 0.268 e. The molecule has 2 N–H and O–H groups in total. The van der Waals surface area contributed by atoms with Crippen molar-refractivity contribution in [3.05, 3.63) is 23.8 Å². The number of rotatable bonds is 2. The van der Waals surface area contributed by atoms with E-state index in [1.807, 2.05) is 0 Å². The minimum Gasteiger partial charge on any atom is -0.364 e. The van der Waals surface area contributed by atoms with Crippen LogP contribution in [0, 0.1) is 0 Å². The van der Waals surface area contributed by atoms with E-state index in [-0.39, 0.29) is 11.6 Å². The quantitative estimate of drug-likeness (QED) is 0.652. The fourth-order valence-electron chi connectivity index (χ4n) is 0.589. The Hall–Kier alpha value is -1.16. The lowest BCUT2D eigenvalue weighted by molar-refractivity contribution is 0.0995. The number of aromatic nitrogens is 2. The van der Waals surface area contributed by atoms with Gasteiger partial charge in [-0.2, -0.15) is 0 Å². The van der Waals surface area contributed by atoms with E-state index in [0.717, 1.165) is 0 Å². The molecule has 0 aliphatic rings. The Morgan fingerprint density at radius 3 is 2.91 bits per heavy atom. The molecule has 1 heterocycles. The molecule has 1 amide bonds. The van der Waals surface area contributed by atoms with E-state index < -0.39 is 5.91 Å². The number of amides is 1. The van der Waals surface area contributed by atoms with E-state index >= 15 is 0 Å². The van der Waals surface area contributed by atoms with Crippen LogP contribution in [0.1, 0.15) is 16.2 Å². The summed E-state index contributed by atoms with van der Waals surface area (Å²) in [6.07, 6.45) is 2.79. The predicted octanol–water partition coefficient (Wildman–Crippen LogP) is 0.314. The number of halogens is 1. The molecule has 0 aromatic carbocycles. The molecule has 5 heteroatoms. The van der Waals surface area contributed by atoms with Gasteiger partial charge in [-0.15, -0.1) is 11.6 Å². The summed E-state index contributed by atoms with van der Waals surface area (Å²) >= 11 is 5.45. The molecule has 1 aromatic rings. The zero-order valence-electron chi connectivity index (χ0n) is 5.62. The average Bonchev–Trinajstić information content (AvgIpc) is 2.05. The lowest BCUT2D eigenvalue weighted by Crippen LogP contribution is -2.14. The molecular weight excluding hydrogens is 166 g/mol. The van der Waals surface area contributed by atoms with Gasteiger partial charge in [-0.05, 0) is 0 Å². The van der Waals surface area contributed by atoms with E-state index in [9.17, 15) is 4.79 Å². The number of hydrogen-bond acceptors (Lipinski definition) is 3. The molecule has 0 saturated heterocycles. The molecule has 0 saturated carbocycles. The summed E-state index contributed by atoms with van der Waals surface area (Å²) in [4.78, 5) is 18.1. The van der Waals surface area contributed by atoms with Crippen LogP contribution in [0.2, 0.25) is 0 Å². The van der Waals surface area contributed by atoms with Crippen molar-refractivity contribution in [2.24, 2.45) is 5.73 Å². The molecule has 1 aromatic heterocycles. The van der Waals surface area contributed by atoms with Crippen molar-refractivity contribution in [1.29, 1.82) is 0 Å². The van der Waals surface area contributed by atoms with Crippen molar-refractivity contribution in [1.82, 2.24) is 9.97 Å². The van der Waals surface area contributed by atoms with Crippen molar-refractivity contribution >= 4 is 17.5 Å². The van der Waals surface area contributed by atoms with Gasteiger partial charge in [-0.3, -0.25) is 9.78 Å². The molecule has 0 radical (unpaired) electrons. The molecule has 58 valence electrons. The van der Waals surface area contributed by atoms with Crippen molar-refractivity contribution in [3.63, 3.8) is 0 Å². The molecule has 4 nitrogen and oxygen atoms in total. The van der Waals surface area contributed by atoms with Crippen molar-refractivity contribution < 1.29 is 4.79 Å². The van der Waals surface area contributed by atoms with Gasteiger partial charge in [0.2, 0.25) is 0 Å². The molecule has 0 unspecified atom stereocenters. The highest BCUT2D eigenvalue weighted by Crippen LogP contribution is 1.98. The summed E-state index contributed by atoms with van der Waals surface area (Å²) < 4.78 is 0. The largest absolute Gasteiger partial charge is 0.364 e. The number of carbonyl (C=O) groups excluding carboxylic acids is 1. The first-order chi connectivity index (χ1) is 5.24. The van der Waals surface area contributed by atoms with Crippen LogP contribution < -0.4 is 5.73 Å². The van der Waals surface area contributed by atoms with Crippen LogP contribution >= 0.6 is 11.6 Å². The molecule has 0 fully saturated rings. The third-order valence-electron chi connectivity index (χ3n) is 1.07. The van der Waals surface area contributed by atoms with Gasteiger partial charge in [0.05, 0.1) is 17.8 Å². The second-order valence-electron chi connectivity index (χ2n) is 1.89. The van der Waals surface area contributed by atoms with Crippen LogP contribution in [-0.2, 0) is 5.88 Å². The van der Waals surface area contributed by atoms with Crippen LogP contribution in [0.4, 0.5) is 0 Å². The van der Waals surface area contributed by atoms with Gasteiger partial charge in [-0.1, -0.05) is 0 Å². The maximum absolute atomic E-state index is 10.5. The van der Waals surface area contributed by atoms with E-state index in [2.05, 4.69) is 9.97 Å². The average molecular weight is 172 g/mol. The monoisotopic (exact) mass is 171 g/mol. The Morgan fingerprint density at radius 2 is 2.36 bits per heavy atom. The third-order valence-corrected chi connectivity index (χ3v) is 1.35. The van der Waals surface area contributed by atoms with Crippen molar-refractivity contribution in [2.75, 3.05) is 0 Å². The van der Waals surface area contributed by atoms with Gasteiger partial charge in [-0.25, -0.2) is 4.98 Å². The Bertz CT molecular complexity index is 276. The van der Waals surface area contributed by atoms with Crippen LogP contribution in [0.25, 0.3) is 0 Å². The number of hydrogen-bond donors (Lipinski definition) is 1. The predicted molar refractivity (Wildman–Crippen MR) is 40.1 cm³/mol. The number of alkyl halides is 1. The molecule has 11 heavy (non-hydrogen) atoms. The Morgan fingerprint density at radius 1 is 1.64 bits per heavy atom. The summed E-state index contributed by atoms with van der Waals surface area (Å²) in [6.45, 7) is 0. The zero-order valence-corrected chi connectivity index (χ0v) is 6.38. The van der Waals surface area contributed by atoms with E-state index in [1.54, 1.807) is 0 Å². The molecular formula is C6H6ClN3O. The summed E-state index contributed by atoms with van der Waals surface area (Å²) in [5.74, 6) is -0.363. The van der Waals surface area contributed by atoms with Gasteiger partial charge >= 0.3 is 0 Å². The third kappa shape index (κ3) is 1.88. The van der Waals surface area contributed by atoms with Crippen LogP contribution in [0.3, 0.4) is 0 Å². The SMILES string of the molecule is NC(=O)c1cncc(CCl)n1. The smallest absolute Gasteiger partial charge is 0.268 e. The minimum atomic E-state index is -0.593. The summed E-state index contributed by atoms with van der Waals surface area (Å²) in [6, 6.07) is 0. The van der Waals surface area contributed by atoms with Gasteiger partial charge in [0, 0.05) is 6.20 Å². The molecule has 1 rings (SSSR count). The molecule has 0 aliphatic carbocycles. The Balaban J connectivity index is 3.01. The van der Waals surface area contributed by atoms with E-state index in [1.165, 1.54) is 12.4 Å². The van der Waals surface area contributed by atoms with Gasteiger partial charge in [0.1, 0.15) is 5.69 Å². The number of primary amides is 1. The normalized spacial score (nSPS) is 9.55. The maximum atomic E-state index is 10.5. The summed E-state index contributed by atoms with van der Waals surface area (Å²) in [5.41, 5.74) is 5.64. The number of carbonyl (C=O) groups is 1. The van der Waals surface area contributed by atoms with E-state index in [0.29, 0.717) is 5.69 Å². The Labute approximate surface area is 68.4 Å². The fraction of sp³-hybridized carbons (Fsp3) is 0.167. The first kappa shape index (κ1) is 7.94. The fourth-order valence-corrected chi connectivity index (χ4v) is 0.718. The highest BCUT2D eigenvalue weighted by Gasteiger charge is 2.02. The van der Waals surface area contributed by atoms with Gasteiger partial charge < -0.3 is 5.73 Å². The zero-order chi connectivity index (χ0) is 8.27. The Kier molecular flexibility index (Phi) is 2.38. The first-order valence-corrected chi connectivity index (χ1v) is 3.44. The molecule has 0 atom stereocenters. The van der Waals surface area contributed by atoms with Crippen molar-refractivity contribution in [3.8, 4) is 0 Å².